The van der Waals surface area contributed by atoms with E-state index in [-0.39, 0.29) is 16.5 Å². The highest BCUT2D eigenvalue weighted by Gasteiger charge is 2.15. The first-order chi connectivity index (χ1) is 8.09. The van der Waals surface area contributed by atoms with Crippen molar-refractivity contribution in [3.05, 3.63) is 40.3 Å². The average Bonchev–Trinajstić information content (AvgIpc) is 2.30. The average molecular weight is 270 g/mol. The third kappa shape index (κ3) is 2.35. The Morgan fingerprint density at radius 1 is 1.24 bits per heavy atom. The van der Waals surface area contributed by atoms with Crippen LogP contribution in [-0.2, 0) is 0 Å². The van der Waals surface area contributed by atoms with E-state index in [4.69, 9.17) is 28.3 Å². The molecule has 0 fully saturated rings. The minimum Gasteiger partial charge on any atom is -0.476 e. The molecule has 0 saturated carbocycles. The molecule has 0 saturated heterocycles. The monoisotopic (exact) mass is 269 g/mol. The number of carboxylic acid groups (broad SMARTS) is 1. The van der Waals surface area contributed by atoms with Crippen LogP contribution in [0.1, 0.15) is 10.5 Å². The predicted molar refractivity (Wildman–Crippen MR) is 62.2 cm³/mol. The number of aromatic carboxylic acids is 1. The van der Waals surface area contributed by atoms with E-state index in [0.717, 1.165) is 0 Å². The van der Waals surface area contributed by atoms with E-state index < -0.39 is 5.97 Å². The largest absolute Gasteiger partial charge is 0.476 e. The summed E-state index contributed by atoms with van der Waals surface area (Å²) in [6, 6.07) is 3.27. The van der Waals surface area contributed by atoms with Gasteiger partial charge in [0.1, 0.15) is 5.69 Å². The van der Waals surface area contributed by atoms with E-state index in [0.29, 0.717) is 10.7 Å². The Morgan fingerprint density at radius 3 is 2.65 bits per heavy atom. The second kappa shape index (κ2) is 4.65. The molecule has 0 atom stereocenters. The van der Waals surface area contributed by atoms with Gasteiger partial charge in [0, 0.05) is 6.20 Å². The number of hydrogen-bond donors (Lipinski definition) is 1. The Morgan fingerprint density at radius 2 is 2.00 bits per heavy atom. The molecule has 0 aliphatic rings. The summed E-state index contributed by atoms with van der Waals surface area (Å²) >= 11 is 11.6. The lowest BCUT2D eigenvalue weighted by atomic mass is 10.3. The van der Waals surface area contributed by atoms with Gasteiger partial charge in [0.2, 0.25) is 0 Å². The van der Waals surface area contributed by atoms with E-state index in [1.165, 1.54) is 12.4 Å². The molecule has 0 amide bonds. The van der Waals surface area contributed by atoms with Gasteiger partial charge in [-0.2, -0.15) is 0 Å². The van der Waals surface area contributed by atoms with E-state index in [1.807, 2.05) is 0 Å². The van der Waals surface area contributed by atoms with Gasteiger partial charge in [0.15, 0.2) is 11.5 Å². The van der Waals surface area contributed by atoms with Gasteiger partial charge in [-0.1, -0.05) is 23.2 Å². The van der Waals surface area contributed by atoms with Crippen molar-refractivity contribution in [3.63, 3.8) is 0 Å². The van der Waals surface area contributed by atoms with E-state index in [9.17, 15) is 4.79 Å². The third-order valence-corrected chi connectivity index (χ3v) is 2.50. The molecular formula is C10H5Cl2N3O2. The maximum Gasteiger partial charge on any atom is 0.356 e. The molecule has 1 N–H and O–H groups in total. The SMILES string of the molecule is O=C(O)c1nc(-c2ncccc2Cl)ncc1Cl. The van der Waals surface area contributed by atoms with Crippen molar-refractivity contribution >= 4 is 29.2 Å². The first kappa shape index (κ1) is 11.8. The van der Waals surface area contributed by atoms with Crippen LogP contribution in [0.2, 0.25) is 10.0 Å². The molecule has 0 aliphatic carbocycles. The molecule has 86 valence electrons. The van der Waals surface area contributed by atoms with Gasteiger partial charge in [-0.25, -0.2) is 14.8 Å². The minimum atomic E-state index is -1.23. The van der Waals surface area contributed by atoms with E-state index in [1.54, 1.807) is 12.1 Å². The molecule has 2 heterocycles. The minimum absolute atomic E-state index is 0.0340. The Bertz CT molecular complexity index is 590. The van der Waals surface area contributed by atoms with Gasteiger partial charge < -0.3 is 5.11 Å². The Labute approximate surface area is 106 Å². The lowest BCUT2D eigenvalue weighted by molar-refractivity contribution is 0.0690. The van der Waals surface area contributed by atoms with Crippen molar-refractivity contribution in [2.24, 2.45) is 0 Å². The van der Waals surface area contributed by atoms with Crippen molar-refractivity contribution in [1.29, 1.82) is 0 Å². The second-order valence-corrected chi connectivity index (χ2v) is 3.84. The molecule has 2 aromatic rings. The zero-order valence-electron chi connectivity index (χ0n) is 8.26. The van der Waals surface area contributed by atoms with Crippen LogP contribution >= 0.6 is 23.2 Å². The highest BCUT2D eigenvalue weighted by molar-refractivity contribution is 6.33. The van der Waals surface area contributed by atoms with E-state index in [2.05, 4.69) is 15.0 Å². The normalized spacial score (nSPS) is 10.2. The lowest BCUT2D eigenvalue weighted by Gasteiger charge is -2.03. The molecular weight excluding hydrogens is 265 g/mol. The van der Waals surface area contributed by atoms with Gasteiger partial charge in [-0.05, 0) is 12.1 Å². The van der Waals surface area contributed by atoms with Crippen molar-refractivity contribution in [3.8, 4) is 11.5 Å². The number of pyridine rings is 1. The second-order valence-electron chi connectivity index (χ2n) is 3.03. The zero-order valence-corrected chi connectivity index (χ0v) is 9.77. The first-order valence-corrected chi connectivity index (χ1v) is 5.22. The molecule has 2 rings (SSSR count). The summed E-state index contributed by atoms with van der Waals surface area (Å²) in [7, 11) is 0. The smallest absolute Gasteiger partial charge is 0.356 e. The molecule has 2 aromatic heterocycles. The molecule has 7 heteroatoms. The number of carbonyl (C=O) groups is 1. The fourth-order valence-electron chi connectivity index (χ4n) is 1.18. The van der Waals surface area contributed by atoms with Crippen LogP contribution < -0.4 is 0 Å². The number of aromatic nitrogens is 3. The number of carboxylic acids is 1. The van der Waals surface area contributed by atoms with Crippen LogP contribution in [0.4, 0.5) is 0 Å². The maximum atomic E-state index is 10.9. The van der Waals surface area contributed by atoms with Crippen molar-refractivity contribution in [2.75, 3.05) is 0 Å². The van der Waals surface area contributed by atoms with E-state index >= 15 is 0 Å². The molecule has 0 radical (unpaired) electrons. The molecule has 0 unspecified atom stereocenters. The maximum absolute atomic E-state index is 10.9. The quantitative estimate of drug-likeness (QED) is 0.907. The summed E-state index contributed by atoms with van der Waals surface area (Å²) in [4.78, 5) is 22.6. The standard InChI is InChI=1S/C10H5Cl2N3O2/c11-5-2-1-3-13-7(5)9-14-4-6(12)8(15-9)10(16)17/h1-4H,(H,16,17). The number of nitrogens with zero attached hydrogens (tertiary/aromatic N) is 3. The summed E-state index contributed by atoms with van der Waals surface area (Å²) in [6.07, 6.45) is 2.72. The van der Waals surface area contributed by atoms with Gasteiger partial charge in [0.05, 0.1) is 16.2 Å². The van der Waals surface area contributed by atoms with Crippen molar-refractivity contribution in [2.45, 2.75) is 0 Å². The molecule has 0 spiro atoms. The van der Waals surface area contributed by atoms with Gasteiger partial charge in [0.25, 0.3) is 0 Å². The van der Waals surface area contributed by atoms with Crippen LogP contribution in [-0.4, -0.2) is 26.0 Å². The number of halogens is 2. The summed E-state index contributed by atoms with van der Waals surface area (Å²) in [5.41, 5.74) is 0.0340. The lowest BCUT2D eigenvalue weighted by Crippen LogP contribution is -2.04. The molecule has 17 heavy (non-hydrogen) atoms. The Hall–Kier alpha value is -1.72. The van der Waals surface area contributed by atoms with Crippen molar-refractivity contribution in [1.82, 2.24) is 15.0 Å². The topological polar surface area (TPSA) is 76.0 Å². The highest BCUT2D eigenvalue weighted by atomic mass is 35.5. The van der Waals surface area contributed by atoms with Crippen molar-refractivity contribution < 1.29 is 9.90 Å². The molecule has 0 bridgehead atoms. The van der Waals surface area contributed by atoms with Crippen LogP contribution in [0.15, 0.2) is 24.5 Å². The summed E-state index contributed by atoms with van der Waals surface area (Å²) in [5.74, 6) is -1.11. The Balaban J connectivity index is 2.58. The summed E-state index contributed by atoms with van der Waals surface area (Å²) in [5, 5.41) is 9.18. The summed E-state index contributed by atoms with van der Waals surface area (Å²) in [6.45, 7) is 0. The predicted octanol–water partition coefficient (Wildman–Crippen LogP) is 2.54. The molecule has 0 aliphatic heterocycles. The molecule has 5 nitrogen and oxygen atoms in total. The third-order valence-electron chi connectivity index (χ3n) is 1.92. The zero-order chi connectivity index (χ0) is 12.4. The fourth-order valence-corrected chi connectivity index (χ4v) is 1.56. The number of hydrogen-bond acceptors (Lipinski definition) is 4. The van der Waals surface area contributed by atoms with Crippen LogP contribution in [0.5, 0.6) is 0 Å². The van der Waals surface area contributed by atoms with Crippen LogP contribution in [0.3, 0.4) is 0 Å². The molecule has 0 aromatic carbocycles. The highest BCUT2D eigenvalue weighted by Crippen LogP contribution is 2.23. The first-order valence-electron chi connectivity index (χ1n) is 4.46. The van der Waals surface area contributed by atoms with Crippen LogP contribution in [0, 0.1) is 0 Å². The van der Waals surface area contributed by atoms with Gasteiger partial charge in [-0.15, -0.1) is 0 Å². The Kier molecular flexibility index (Phi) is 3.21. The van der Waals surface area contributed by atoms with Gasteiger partial charge >= 0.3 is 5.97 Å². The van der Waals surface area contributed by atoms with Crippen LogP contribution in [0.25, 0.3) is 11.5 Å². The number of rotatable bonds is 2. The van der Waals surface area contributed by atoms with Gasteiger partial charge in [-0.3, -0.25) is 4.98 Å². The summed E-state index contributed by atoms with van der Waals surface area (Å²) < 4.78 is 0. The fraction of sp³-hybridized carbons (Fsp3) is 0.